The van der Waals surface area contributed by atoms with E-state index in [1.807, 2.05) is 5.32 Å². The van der Waals surface area contributed by atoms with Gasteiger partial charge < -0.3 is 5.11 Å². The van der Waals surface area contributed by atoms with Crippen molar-refractivity contribution in [3.63, 3.8) is 0 Å². The number of amides is 1. The summed E-state index contributed by atoms with van der Waals surface area (Å²) in [6.07, 6.45) is -1.06. The van der Waals surface area contributed by atoms with Crippen LogP contribution in [0.3, 0.4) is 0 Å². The van der Waals surface area contributed by atoms with Gasteiger partial charge in [0.25, 0.3) is 0 Å². The van der Waals surface area contributed by atoms with Gasteiger partial charge in [0.1, 0.15) is 21.9 Å². The Hall–Kier alpha value is -2.72. The summed E-state index contributed by atoms with van der Waals surface area (Å²) in [5.74, 6) is -1.39. The molecule has 27 heavy (non-hydrogen) atoms. The summed E-state index contributed by atoms with van der Waals surface area (Å²) in [4.78, 5) is 17.7. The summed E-state index contributed by atoms with van der Waals surface area (Å²) >= 11 is 0. The number of hydrogen-bond acceptors (Lipinski definition) is 5. The van der Waals surface area contributed by atoms with Crippen LogP contribution in [0.5, 0.6) is 0 Å². The van der Waals surface area contributed by atoms with Gasteiger partial charge >= 0.3 is 6.09 Å². The second-order valence-corrected chi connectivity index (χ2v) is 8.89. The van der Waals surface area contributed by atoms with Crippen LogP contribution < -0.4 is 5.32 Å². The fourth-order valence-corrected chi connectivity index (χ4v) is 5.88. The van der Waals surface area contributed by atoms with Gasteiger partial charge in [-0.15, -0.1) is 0 Å². The molecule has 9 nitrogen and oxygen atoms in total. The lowest BCUT2D eigenvalue weighted by molar-refractivity contribution is 0.198. The molecule has 0 unspecified atom stereocenters. The number of nitrogens with zero attached hydrogens (tertiary/aromatic N) is 4. The van der Waals surface area contributed by atoms with Crippen molar-refractivity contribution in [3.05, 3.63) is 40.0 Å². The van der Waals surface area contributed by atoms with Crippen LogP contribution in [-0.2, 0) is 15.4 Å². The highest BCUT2D eigenvalue weighted by atomic mass is 32.2. The molecular weight excluding hydrogens is 384 g/mol. The number of rotatable bonds is 2. The molecule has 1 aliphatic carbocycles. The number of nitrogens with one attached hydrogen (secondary N) is 1. The first kappa shape index (κ1) is 19.1. The number of halogens is 2. The molecule has 3 rings (SSSR count). The zero-order valence-electron chi connectivity index (χ0n) is 14.1. The summed E-state index contributed by atoms with van der Waals surface area (Å²) < 4.78 is 53.8. The van der Waals surface area contributed by atoms with E-state index in [-0.39, 0.29) is 18.5 Å². The van der Waals surface area contributed by atoms with Crippen molar-refractivity contribution in [2.24, 2.45) is 10.1 Å². The standard InChI is InChI=1S/C15H15F2N5O4S/c1-14(9-7-8(21-22-18)3-4-10(9)16)11(17)27(25,26)15(5-2-6-15)12(20-14)19-13(23)24/h3-4,7,11H,2,5-6H2,1H3,(H,19,20)(H,23,24)/t11-,14+/m0/s1. The summed E-state index contributed by atoms with van der Waals surface area (Å²) in [7, 11) is -4.55. The smallest absolute Gasteiger partial charge is 0.410 e. The van der Waals surface area contributed by atoms with Gasteiger partial charge in [0, 0.05) is 16.2 Å². The van der Waals surface area contributed by atoms with E-state index in [1.54, 1.807) is 0 Å². The fraction of sp³-hybridized carbons (Fsp3) is 0.467. The minimum atomic E-state index is -4.55. The lowest BCUT2D eigenvalue weighted by Crippen LogP contribution is -2.66. The van der Waals surface area contributed by atoms with Crippen molar-refractivity contribution < 1.29 is 27.1 Å². The number of amidine groups is 1. The van der Waals surface area contributed by atoms with Gasteiger partial charge in [-0.1, -0.05) is 5.11 Å². The van der Waals surface area contributed by atoms with Gasteiger partial charge in [-0.3, -0.25) is 10.3 Å². The Morgan fingerprint density at radius 1 is 1.48 bits per heavy atom. The Morgan fingerprint density at radius 2 is 2.15 bits per heavy atom. The Morgan fingerprint density at radius 3 is 2.67 bits per heavy atom. The zero-order chi connectivity index (χ0) is 20.0. The first-order valence-corrected chi connectivity index (χ1v) is 9.46. The average molecular weight is 399 g/mol. The molecule has 1 amide bonds. The summed E-state index contributed by atoms with van der Waals surface area (Å²) in [6, 6.07) is 3.04. The molecule has 0 bridgehead atoms. The van der Waals surface area contributed by atoms with Crippen LogP contribution in [0.4, 0.5) is 19.3 Å². The van der Waals surface area contributed by atoms with Crippen molar-refractivity contribution in [2.75, 3.05) is 0 Å². The number of sulfone groups is 1. The number of benzene rings is 1. The van der Waals surface area contributed by atoms with E-state index >= 15 is 4.39 Å². The van der Waals surface area contributed by atoms with Crippen LogP contribution in [0, 0.1) is 5.82 Å². The van der Waals surface area contributed by atoms with Crippen LogP contribution in [-0.4, -0.2) is 35.7 Å². The SMILES string of the molecule is C[C@]1(c2cc(N=[N+]=[N-])ccc2F)N=C(NC(=O)O)C2(CCC2)S(=O)(=O)[C@@H]1F. The van der Waals surface area contributed by atoms with Crippen molar-refractivity contribution in [3.8, 4) is 0 Å². The first-order chi connectivity index (χ1) is 12.6. The molecule has 1 aromatic carbocycles. The molecule has 2 aliphatic rings. The predicted molar refractivity (Wildman–Crippen MR) is 91.6 cm³/mol. The van der Waals surface area contributed by atoms with E-state index in [1.165, 1.54) is 0 Å². The maximum atomic E-state index is 15.3. The molecule has 2 atom stereocenters. The molecule has 1 heterocycles. The number of aliphatic imine (C=N–C) groups is 1. The van der Waals surface area contributed by atoms with E-state index in [4.69, 9.17) is 10.6 Å². The van der Waals surface area contributed by atoms with E-state index < -0.39 is 48.9 Å². The molecule has 0 aromatic heterocycles. The van der Waals surface area contributed by atoms with Gasteiger partial charge in [0.2, 0.25) is 5.50 Å². The first-order valence-electron chi connectivity index (χ1n) is 7.91. The second-order valence-electron chi connectivity index (χ2n) is 6.60. The quantitative estimate of drug-likeness (QED) is 0.446. The number of carbonyl (C=O) groups is 1. The molecule has 12 heteroatoms. The number of hydrogen-bond donors (Lipinski definition) is 2. The van der Waals surface area contributed by atoms with Crippen molar-refractivity contribution in [2.45, 2.75) is 42.0 Å². The monoisotopic (exact) mass is 399 g/mol. The van der Waals surface area contributed by atoms with Crippen LogP contribution in [0.2, 0.25) is 0 Å². The number of azide groups is 1. The van der Waals surface area contributed by atoms with Crippen LogP contribution in [0.25, 0.3) is 10.4 Å². The largest absolute Gasteiger partial charge is 0.465 e. The minimum absolute atomic E-state index is 0.0200. The van der Waals surface area contributed by atoms with Gasteiger partial charge in [0.15, 0.2) is 9.84 Å². The van der Waals surface area contributed by atoms with Gasteiger partial charge in [-0.25, -0.2) is 22.0 Å². The Labute approximate surface area is 152 Å². The lowest BCUT2D eigenvalue weighted by Gasteiger charge is -2.48. The summed E-state index contributed by atoms with van der Waals surface area (Å²) in [6.45, 7) is 1.06. The van der Waals surface area contributed by atoms with Gasteiger partial charge in [-0.05, 0) is 49.9 Å². The molecule has 1 saturated carbocycles. The zero-order valence-corrected chi connectivity index (χ0v) is 14.9. The second kappa shape index (κ2) is 6.17. The Bertz CT molecular complexity index is 1000. The normalized spacial score (nSPS) is 27.8. The maximum absolute atomic E-state index is 15.3. The highest BCUT2D eigenvalue weighted by Gasteiger charge is 2.65. The molecule has 1 aromatic rings. The van der Waals surface area contributed by atoms with E-state index in [0.29, 0.717) is 6.42 Å². The molecule has 2 N–H and O–H groups in total. The molecular formula is C15H15F2N5O4S. The lowest BCUT2D eigenvalue weighted by atomic mass is 9.81. The summed E-state index contributed by atoms with van der Waals surface area (Å²) in [5.41, 5.74) is 3.14. The number of carboxylic acid groups (broad SMARTS) is 1. The van der Waals surface area contributed by atoms with E-state index in [2.05, 4.69) is 15.0 Å². The molecule has 1 spiro atoms. The molecule has 144 valence electrons. The van der Waals surface area contributed by atoms with Crippen molar-refractivity contribution in [1.29, 1.82) is 0 Å². The highest BCUT2D eigenvalue weighted by molar-refractivity contribution is 7.94. The highest BCUT2D eigenvalue weighted by Crippen LogP contribution is 2.51. The third-order valence-corrected chi connectivity index (χ3v) is 7.77. The minimum Gasteiger partial charge on any atom is -0.465 e. The van der Waals surface area contributed by atoms with Crippen LogP contribution >= 0.6 is 0 Å². The predicted octanol–water partition coefficient (Wildman–Crippen LogP) is 3.30. The third-order valence-electron chi connectivity index (χ3n) is 5.08. The van der Waals surface area contributed by atoms with Crippen molar-refractivity contribution >= 4 is 27.5 Å². The van der Waals surface area contributed by atoms with E-state index in [0.717, 1.165) is 25.1 Å². The van der Waals surface area contributed by atoms with Gasteiger partial charge in [0.05, 0.1) is 0 Å². The van der Waals surface area contributed by atoms with Crippen LogP contribution in [0.15, 0.2) is 28.3 Å². The molecule has 1 fully saturated rings. The Balaban J connectivity index is 2.28. The van der Waals surface area contributed by atoms with Crippen molar-refractivity contribution in [1.82, 2.24) is 5.32 Å². The third kappa shape index (κ3) is 2.63. The maximum Gasteiger partial charge on any atom is 0.410 e. The number of alkyl halides is 1. The van der Waals surface area contributed by atoms with Crippen LogP contribution in [0.1, 0.15) is 31.7 Å². The average Bonchev–Trinajstić information content (AvgIpc) is 2.53. The summed E-state index contributed by atoms with van der Waals surface area (Å²) in [5, 5.41) is 14.3. The topological polar surface area (TPSA) is 145 Å². The van der Waals surface area contributed by atoms with E-state index in [9.17, 15) is 17.6 Å². The Kier molecular flexibility index (Phi) is 4.35. The molecule has 0 saturated heterocycles. The van der Waals surface area contributed by atoms with Gasteiger partial charge in [-0.2, -0.15) is 0 Å². The fourth-order valence-electron chi connectivity index (χ4n) is 3.48. The molecule has 0 radical (unpaired) electrons. The molecule has 1 aliphatic heterocycles.